The van der Waals surface area contributed by atoms with Crippen LogP contribution in [-0.2, 0) is 16.7 Å². The molecule has 0 bridgehead atoms. The van der Waals surface area contributed by atoms with Gasteiger partial charge in [0.05, 0.1) is 11.3 Å². The second kappa shape index (κ2) is 9.66. The molecule has 2 heterocycles. The summed E-state index contributed by atoms with van der Waals surface area (Å²) >= 11 is 0. The zero-order valence-corrected chi connectivity index (χ0v) is 18.8. The van der Waals surface area contributed by atoms with Crippen LogP contribution in [0.2, 0.25) is 0 Å². The lowest BCUT2D eigenvalue weighted by atomic mass is 10.1. The highest BCUT2D eigenvalue weighted by Gasteiger charge is 2.20. The molecule has 32 heavy (non-hydrogen) atoms. The van der Waals surface area contributed by atoms with E-state index in [2.05, 4.69) is 36.9 Å². The third kappa shape index (κ3) is 5.25. The van der Waals surface area contributed by atoms with E-state index in [-0.39, 0.29) is 12.3 Å². The van der Waals surface area contributed by atoms with Gasteiger partial charge in [-0.05, 0) is 30.8 Å². The summed E-state index contributed by atoms with van der Waals surface area (Å²) in [5.41, 5.74) is 1.62. The lowest BCUT2D eigenvalue weighted by Crippen LogP contribution is -2.45. The Morgan fingerprint density at radius 2 is 1.75 bits per heavy atom. The summed E-state index contributed by atoms with van der Waals surface area (Å²) in [7, 11) is -1.48. The van der Waals surface area contributed by atoms with Crippen LogP contribution in [0.15, 0.2) is 48.5 Å². The molecule has 0 aliphatic carbocycles. The Balaban J connectivity index is 1.56. The number of alkyl halides is 1. The first-order valence-corrected chi connectivity index (χ1v) is 12.2. The number of rotatable bonds is 8. The quantitative estimate of drug-likeness (QED) is 0.536. The van der Waals surface area contributed by atoms with Crippen LogP contribution in [0.4, 0.5) is 21.8 Å². The van der Waals surface area contributed by atoms with Crippen molar-refractivity contribution < 1.29 is 12.8 Å². The largest absolute Gasteiger partial charge is 0.368 e. The molecule has 0 amide bonds. The molecule has 0 radical (unpaired) electrons. The second-order valence-electron chi connectivity index (χ2n) is 7.82. The van der Waals surface area contributed by atoms with Crippen molar-refractivity contribution in [2.45, 2.75) is 6.67 Å². The van der Waals surface area contributed by atoms with Crippen LogP contribution in [0.5, 0.6) is 0 Å². The third-order valence-corrected chi connectivity index (χ3v) is 6.73. The first kappa shape index (κ1) is 22.2. The highest BCUT2D eigenvalue weighted by atomic mass is 32.2. The normalized spacial score (nSPS) is 15.1. The van der Waals surface area contributed by atoms with Crippen LogP contribution in [0.25, 0.3) is 10.9 Å². The Kier molecular flexibility index (Phi) is 6.71. The smallest absolute Gasteiger partial charge is 0.234 e. The maximum Gasteiger partial charge on any atom is 0.234 e. The Morgan fingerprint density at radius 3 is 2.47 bits per heavy atom. The monoisotopic (exact) mass is 458 g/mol. The van der Waals surface area contributed by atoms with E-state index in [1.807, 2.05) is 12.1 Å². The summed E-state index contributed by atoms with van der Waals surface area (Å²) in [4.78, 5) is 13.7. The zero-order valence-electron chi connectivity index (χ0n) is 18.0. The molecule has 1 aliphatic heterocycles. The number of aromatic nitrogens is 2. The number of hydrogen-bond acceptors (Lipinski definition) is 7. The van der Waals surface area contributed by atoms with E-state index >= 15 is 0 Å². The van der Waals surface area contributed by atoms with Gasteiger partial charge < -0.3 is 15.1 Å². The molecule has 0 saturated carbocycles. The SMILES string of the molecule is CN1CCN(c2nc(NCCS(=O)(=O)Nc3ccccc3)c3c(CF)cccc3n2)CC1. The topological polar surface area (TPSA) is 90.5 Å². The van der Waals surface area contributed by atoms with E-state index in [1.54, 1.807) is 36.4 Å². The Morgan fingerprint density at radius 1 is 1.00 bits per heavy atom. The van der Waals surface area contributed by atoms with Crippen molar-refractivity contribution in [2.24, 2.45) is 0 Å². The highest BCUT2D eigenvalue weighted by Crippen LogP contribution is 2.28. The second-order valence-corrected chi connectivity index (χ2v) is 9.66. The average Bonchev–Trinajstić information content (AvgIpc) is 2.79. The van der Waals surface area contributed by atoms with Gasteiger partial charge in [0.25, 0.3) is 0 Å². The minimum Gasteiger partial charge on any atom is -0.368 e. The summed E-state index contributed by atoms with van der Waals surface area (Å²) < 4.78 is 41.2. The van der Waals surface area contributed by atoms with Crippen LogP contribution in [-0.4, -0.2) is 68.8 Å². The molecule has 4 rings (SSSR count). The maximum atomic E-state index is 13.7. The number of piperazine rings is 1. The van der Waals surface area contributed by atoms with E-state index in [9.17, 15) is 12.8 Å². The molecular formula is C22H27FN6O2S. The number of nitrogens with one attached hydrogen (secondary N) is 2. The molecule has 1 fully saturated rings. The van der Waals surface area contributed by atoms with Gasteiger partial charge in [-0.3, -0.25) is 4.72 Å². The lowest BCUT2D eigenvalue weighted by molar-refractivity contribution is 0.311. The van der Waals surface area contributed by atoms with Gasteiger partial charge in [-0.2, -0.15) is 4.98 Å². The van der Waals surface area contributed by atoms with Crippen molar-refractivity contribution in [2.75, 3.05) is 60.5 Å². The van der Waals surface area contributed by atoms with Gasteiger partial charge in [0.1, 0.15) is 12.5 Å². The van der Waals surface area contributed by atoms with E-state index in [0.717, 1.165) is 26.2 Å². The molecule has 2 N–H and O–H groups in total. The fourth-order valence-electron chi connectivity index (χ4n) is 3.67. The molecule has 0 unspecified atom stereocenters. The minimum absolute atomic E-state index is 0.122. The molecule has 0 spiro atoms. The van der Waals surface area contributed by atoms with Gasteiger partial charge in [0.15, 0.2) is 0 Å². The van der Waals surface area contributed by atoms with Crippen LogP contribution in [0, 0.1) is 0 Å². The van der Waals surface area contributed by atoms with E-state index in [4.69, 9.17) is 0 Å². The minimum atomic E-state index is -3.56. The molecule has 10 heteroatoms. The van der Waals surface area contributed by atoms with Gasteiger partial charge in [0, 0.05) is 43.8 Å². The first-order valence-electron chi connectivity index (χ1n) is 10.5. The predicted octanol–water partition coefficient (Wildman–Crippen LogP) is 2.70. The number of para-hydroxylation sites is 1. The number of nitrogens with zero attached hydrogens (tertiary/aromatic N) is 4. The Bertz CT molecular complexity index is 1170. The van der Waals surface area contributed by atoms with Crippen molar-refractivity contribution in [3.63, 3.8) is 0 Å². The van der Waals surface area contributed by atoms with Gasteiger partial charge in [-0.15, -0.1) is 0 Å². The number of anilines is 3. The van der Waals surface area contributed by atoms with E-state index < -0.39 is 16.7 Å². The predicted molar refractivity (Wildman–Crippen MR) is 126 cm³/mol. The molecule has 1 saturated heterocycles. The average molecular weight is 459 g/mol. The summed E-state index contributed by atoms with van der Waals surface area (Å²) in [6.07, 6.45) is 0. The van der Waals surface area contributed by atoms with Crippen LogP contribution >= 0.6 is 0 Å². The van der Waals surface area contributed by atoms with E-state index in [1.165, 1.54) is 0 Å². The fraction of sp³-hybridized carbons (Fsp3) is 0.364. The molecular weight excluding hydrogens is 431 g/mol. The standard InChI is InChI=1S/C22H27FN6O2S/c1-28-11-13-29(14-12-28)22-25-19-9-5-6-17(16-23)20(19)21(26-22)24-10-15-32(30,31)27-18-7-3-2-4-8-18/h2-9,27H,10-16H2,1H3,(H,24,25,26). The molecule has 8 nitrogen and oxygen atoms in total. The summed E-state index contributed by atoms with van der Waals surface area (Å²) in [5.74, 6) is 0.858. The van der Waals surface area contributed by atoms with Gasteiger partial charge in [-0.1, -0.05) is 30.3 Å². The maximum absolute atomic E-state index is 13.7. The number of sulfonamides is 1. The molecule has 170 valence electrons. The summed E-state index contributed by atoms with van der Waals surface area (Å²) in [6, 6.07) is 14.0. The van der Waals surface area contributed by atoms with Gasteiger partial charge >= 0.3 is 0 Å². The molecule has 1 aromatic heterocycles. The number of hydrogen-bond donors (Lipinski definition) is 2. The molecule has 0 atom stereocenters. The fourth-order valence-corrected chi connectivity index (χ4v) is 4.64. The zero-order chi connectivity index (χ0) is 22.6. The Hall–Kier alpha value is -2.98. The van der Waals surface area contributed by atoms with Gasteiger partial charge in [0.2, 0.25) is 16.0 Å². The van der Waals surface area contributed by atoms with Crippen molar-refractivity contribution in [3.05, 3.63) is 54.1 Å². The van der Waals surface area contributed by atoms with Crippen LogP contribution < -0.4 is 14.9 Å². The molecule has 3 aromatic rings. The summed E-state index contributed by atoms with van der Waals surface area (Å²) in [6.45, 7) is 2.85. The highest BCUT2D eigenvalue weighted by molar-refractivity contribution is 7.92. The first-order chi connectivity index (χ1) is 15.4. The van der Waals surface area contributed by atoms with E-state index in [0.29, 0.717) is 33.9 Å². The number of halogens is 1. The number of benzene rings is 2. The van der Waals surface area contributed by atoms with Crippen molar-refractivity contribution in [1.82, 2.24) is 14.9 Å². The molecule has 1 aliphatic rings. The van der Waals surface area contributed by atoms with Crippen molar-refractivity contribution >= 4 is 38.4 Å². The van der Waals surface area contributed by atoms with Gasteiger partial charge in [-0.25, -0.2) is 17.8 Å². The number of fused-ring (bicyclic) bond motifs is 1. The third-order valence-electron chi connectivity index (χ3n) is 5.44. The lowest BCUT2D eigenvalue weighted by Gasteiger charge is -2.32. The van der Waals surface area contributed by atoms with Crippen LogP contribution in [0.1, 0.15) is 5.56 Å². The van der Waals surface area contributed by atoms with Crippen LogP contribution in [0.3, 0.4) is 0 Å². The summed E-state index contributed by atoms with van der Waals surface area (Å²) in [5, 5.41) is 3.70. The number of likely N-dealkylation sites (N-methyl/N-ethyl adjacent to an activating group) is 1. The van der Waals surface area contributed by atoms with Crippen molar-refractivity contribution in [3.8, 4) is 0 Å². The molecule has 2 aromatic carbocycles. The Labute approximate surface area is 187 Å². The van der Waals surface area contributed by atoms with Crippen molar-refractivity contribution in [1.29, 1.82) is 0 Å².